The third kappa shape index (κ3) is 3.88. The van der Waals surface area contributed by atoms with Crippen molar-refractivity contribution in [2.75, 3.05) is 18.0 Å². The van der Waals surface area contributed by atoms with Gasteiger partial charge >= 0.3 is 0 Å². The Morgan fingerprint density at radius 3 is 2.48 bits per heavy atom. The number of hydrogen-bond donors (Lipinski definition) is 2. The van der Waals surface area contributed by atoms with Crippen molar-refractivity contribution in [3.8, 4) is 11.5 Å². The van der Waals surface area contributed by atoms with Gasteiger partial charge in [0.1, 0.15) is 6.26 Å². The van der Waals surface area contributed by atoms with Gasteiger partial charge < -0.3 is 20.4 Å². The number of oxazole rings is 1. The van der Waals surface area contributed by atoms with Crippen molar-refractivity contribution in [3.63, 3.8) is 0 Å². The number of aromatic nitrogens is 1. The van der Waals surface area contributed by atoms with Gasteiger partial charge in [-0.25, -0.2) is 4.98 Å². The largest absolute Gasteiger partial charge is 0.445 e. The summed E-state index contributed by atoms with van der Waals surface area (Å²) in [6.45, 7) is 2.19. The van der Waals surface area contributed by atoms with Gasteiger partial charge in [-0.05, 0) is 49.9 Å². The fourth-order valence-electron chi connectivity index (χ4n) is 4.15. The van der Waals surface area contributed by atoms with Crippen LogP contribution in [0.2, 0.25) is 0 Å². The fourth-order valence-corrected chi connectivity index (χ4v) is 4.15. The molecule has 5 nitrogen and oxygen atoms in total. The second-order valence-electron chi connectivity index (χ2n) is 7.37. The van der Waals surface area contributed by atoms with Gasteiger partial charge in [0.25, 0.3) is 0 Å². The van der Waals surface area contributed by atoms with E-state index in [0.29, 0.717) is 24.0 Å². The molecule has 2 heterocycles. The quantitative estimate of drug-likeness (QED) is 0.895. The molecular weight excluding hydrogens is 312 g/mol. The molecule has 1 aliphatic heterocycles. The lowest BCUT2D eigenvalue weighted by atomic mass is 9.89. The number of nitrogens with zero attached hydrogens (tertiary/aromatic N) is 2. The number of nitrogens with one attached hydrogen (secondary N) is 1. The third-order valence-corrected chi connectivity index (χ3v) is 5.68. The minimum absolute atomic E-state index is 0.342. The Hall–Kier alpha value is -1.85. The molecule has 1 saturated carbocycles. The molecule has 0 spiro atoms. The normalized spacial score (nSPS) is 25.2. The molecule has 2 fully saturated rings. The maximum atomic E-state index is 6.28. The van der Waals surface area contributed by atoms with Crippen molar-refractivity contribution in [1.29, 1.82) is 0 Å². The highest BCUT2D eigenvalue weighted by Crippen LogP contribution is 2.25. The monoisotopic (exact) mass is 340 g/mol. The first-order valence-corrected chi connectivity index (χ1v) is 9.56. The van der Waals surface area contributed by atoms with Crippen molar-refractivity contribution in [3.05, 3.63) is 36.7 Å². The van der Waals surface area contributed by atoms with Gasteiger partial charge in [0.15, 0.2) is 0 Å². The summed E-state index contributed by atoms with van der Waals surface area (Å²) in [5.74, 6) is 0.679. The molecule has 25 heavy (non-hydrogen) atoms. The Bertz CT molecular complexity index is 647. The van der Waals surface area contributed by atoms with E-state index in [1.165, 1.54) is 44.2 Å². The fraction of sp³-hybridized carbons (Fsp3) is 0.550. The Kier molecular flexibility index (Phi) is 5.04. The van der Waals surface area contributed by atoms with Crippen LogP contribution in [0, 0.1) is 0 Å². The predicted octanol–water partition coefficient (Wildman–Crippen LogP) is 3.17. The number of hydrogen-bond acceptors (Lipinski definition) is 5. The topological polar surface area (TPSA) is 67.3 Å². The molecule has 0 radical (unpaired) electrons. The van der Waals surface area contributed by atoms with E-state index in [1.807, 2.05) is 0 Å². The van der Waals surface area contributed by atoms with Crippen LogP contribution < -0.4 is 16.0 Å². The molecule has 0 amide bonds. The Balaban J connectivity index is 1.31. The first-order valence-electron chi connectivity index (χ1n) is 9.56. The van der Waals surface area contributed by atoms with Crippen molar-refractivity contribution in [2.45, 2.75) is 56.7 Å². The van der Waals surface area contributed by atoms with E-state index in [4.69, 9.17) is 10.2 Å². The van der Waals surface area contributed by atoms with Gasteiger partial charge in [-0.1, -0.05) is 12.8 Å². The van der Waals surface area contributed by atoms with Gasteiger partial charge in [-0.2, -0.15) is 0 Å². The molecular formula is C20H28N4O. The molecule has 4 rings (SSSR count). The highest BCUT2D eigenvalue weighted by atomic mass is 16.3. The Labute approximate surface area is 149 Å². The Morgan fingerprint density at radius 2 is 1.80 bits per heavy atom. The first-order chi connectivity index (χ1) is 12.3. The zero-order chi connectivity index (χ0) is 17.1. The second-order valence-corrected chi connectivity index (χ2v) is 7.37. The van der Waals surface area contributed by atoms with E-state index in [-0.39, 0.29) is 0 Å². The number of piperidine rings is 1. The smallest absolute Gasteiger partial charge is 0.225 e. The first kappa shape index (κ1) is 16.6. The van der Waals surface area contributed by atoms with Crippen LogP contribution in [0.3, 0.4) is 0 Å². The number of rotatable bonds is 4. The van der Waals surface area contributed by atoms with Gasteiger partial charge in [0, 0.05) is 42.5 Å². The average molecular weight is 340 g/mol. The lowest BCUT2D eigenvalue weighted by Crippen LogP contribution is -2.53. The van der Waals surface area contributed by atoms with Crippen LogP contribution in [0.25, 0.3) is 11.5 Å². The molecule has 1 saturated heterocycles. The van der Waals surface area contributed by atoms with Gasteiger partial charge in [-0.15, -0.1) is 0 Å². The summed E-state index contributed by atoms with van der Waals surface area (Å²) in [5.41, 5.74) is 8.59. The minimum Gasteiger partial charge on any atom is -0.445 e. The van der Waals surface area contributed by atoms with Crippen molar-refractivity contribution in [2.24, 2.45) is 5.73 Å². The molecule has 1 aromatic carbocycles. The van der Waals surface area contributed by atoms with Gasteiger partial charge in [0.05, 0.1) is 6.20 Å². The zero-order valence-electron chi connectivity index (χ0n) is 14.7. The number of anilines is 1. The van der Waals surface area contributed by atoms with Crippen LogP contribution in [-0.4, -0.2) is 36.2 Å². The van der Waals surface area contributed by atoms with E-state index in [1.54, 1.807) is 12.5 Å². The van der Waals surface area contributed by atoms with Crippen LogP contribution in [0.1, 0.15) is 38.5 Å². The lowest BCUT2D eigenvalue weighted by molar-refractivity contribution is 0.279. The molecule has 134 valence electrons. The summed E-state index contributed by atoms with van der Waals surface area (Å²) in [4.78, 5) is 6.67. The van der Waals surface area contributed by atoms with Crippen LogP contribution >= 0.6 is 0 Å². The standard InChI is InChI=1S/C20H28N4O/c21-18-3-1-2-4-19(18)23-16-9-12-24(13-10-16)17-7-5-15(6-8-17)20-22-11-14-25-20/h5-8,11,14,16,18-19,23H,1-4,9-10,12-13,21H2. The van der Waals surface area contributed by atoms with Crippen molar-refractivity contribution < 1.29 is 4.42 Å². The zero-order valence-corrected chi connectivity index (χ0v) is 14.7. The predicted molar refractivity (Wildman–Crippen MR) is 101 cm³/mol. The van der Waals surface area contributed by atoms with E-state index < -0.39 is 0 Å². The maximum Gasteiger partial charge on any atom is 0.225 e. The van der Waals surface area contributed by atoms with E-state index in [0.717, 1.165) is 18.7 Å². The van der Waals surface area contributed by atoms with Crippen molar-refractivity contribution >= 4 is 5.69 Å². The summed E-state index contributed by atoms with van der Waals surface area (Å²) in [6, 6.07) is 9.99. The average Bonchev–Trinajstić information content (AvgIpc) is 3.19. The van der Waals surface area contributed by atoms with Crippen LogP contribution in [0.5, 0.6) is 0 Å². The highest BCUT2D eigenvalue weighted by molar-refractivity contribution is 5.59. The van der Waals surface area contributed by atoms with E-state index in [2.05, 4.69) is 39.5 Å². The third-order valence-electron chi connectivity index (χ3n) is 5.68. The lowest BCUT2D eigenvalue weighted by Gasteiger charge is -2.38. The summed E-state index contributed by atoms with van der Waals surface area (Å²) in [7, 11) is 0. The Morgan fingerprint density at radius 1 is 1.04 bits per heavy atom. The molecule has 3 N–H and O–H groups in total. The number of benzene rings is 1. The molecule has 2 unspecified atom stereocenters. The van der Waals surface area contributed by atoms with Crippen LogP contribution in [0.4, 0.5) is 5.69 Å². The van der Waals surface area contributed by atoms with Crippen LogP contribution in [0.15, 0.2) is 41.1 Å². The highest BCUT2D eigenvalue weighted by Gasteiger charge is 2.26. The molecule has 1 aliphatic carbocycles. The SMILES string of the molecule is NC1CCCCC1NC1CCN(c2ccc(-c3ncco3)cc2)CC1. The van der Waals surface area contributed by atoms with Crippen molar-refractivity contribution in [1.82, 2.24) is 10.3 Å². The minimum atomic E-state index is 0.342. The molecule has 1 aromatic heterocycles. The molecule has 2 aromatic rings. The second kappa shape index (κ2) is 7.58. The molecule has 2 atom stereocenters. The molecule has 2 aliphatic rings. The van der Waals surface area contributed by atoms with Gasteiger partial charge in [0.2, 0.25) is 5.89 Å². The summed E-state index contributed by atoms with van der Waals surface area (Å²) < 4.78 is 5.36. The summed E-state index contributed by atoms with van der Waals surface area (Å²) >= 11 is 0. The summed E-state index contributed by atoms with van der Waals surface area (Å²) in [5, 5.41) is 3.83. The van der Waals surface area contributed by atoms with E-state index >= 15 is 0 Å². The summed E-state index contributed by atoms with van der Waals surface area (Å²) in [6.07, 6.45) is 10.7. The van der Waals surface area contributed by atoms with Gasteiger partial charge in [-0.3, -0.25) is 0 Å². The molecule has 0 bridgehead atoms. The van der Waals surface area contributed by atoms with E-state index in [9.17, 15) is 0 Å². The van der Waals surface area contributed by atoms with Crippen LogP contribution in [-0.2, 0) is 0 Å². The maximum absolute atomic E-state index is 6.28. The molecule has 5 heteroatoms. The number of nitrogens with two attached hydrogens (primary N) is 1.